The van der Waals surface area contributed by atoms with Crippen LogP contribution in [0.3, 0.4) is 0 Å². The summed E-state index contributed by atoms with van der Waals surface area (Å²) in [7, 11) is 0. The molecule has 0 fully saturated rings. The van der Waals surface area contributed by atoms with Crippen LogP contribution in [0.4, 0.5) is 0 Å². The maximum Gasteiger partial charge on any atom is 0.158 e. The van der Waals surface area contributed by atoms with Crippen molar-refractivity contribution in [2.24, 2.45) is 0 Å². The summed E-state index contributed by atoms with van der Waals surface area (Å²) >= 11 is 0. The van der Waals surface area contributed by atoms with E-state index in [1.165, 1.54) is 19.3 Å². The summed E-state index contributed by atoms with van der Waals surface area (Å²) in [6.07, 6.45) is 4.21. The number of hydrogen-bond donors (Lipinski definition) is 1. The van der Waals surface area contributed by atoms with Crippen molar-refractivity contribution in [2.75, 3.05) is 33.0 Å². The van der Waals surface area contributed by atoms with Crippen LogP contribution in [0.15, 0.2) is 0 Å². The fourth-order valence-electron chi connectivity index (χ4n) is 1.68. The van der Waals surface area contributed by atoms with Crippen LogP contribution in [0.2, 0.25) is 0 Å². The van der Waals surface area contributed by atoms with Gasteiger partial charge in [0.15, 0.2) is 5.78 Å². The lowest BCUT2D eigenvalue weighted by atomic mass is 9.97. The van der Waals surface area contributed by atoms with Crippen molar-refractivity contribution in [1.29, 1.82) is 0 Å². The molecule has 114 valence electrons. The second kappa shape index (κ2) is 11.4. The zero-order valence-electron chi connectivity index (χ0n) is 13.1. The standard InChI is InChI=1S/C15H31NO3/c1-5-7-8-15(3,4)16-9-10-18-11-12-19-13-14(17)6-2/h16H,5-13H2,1-4H3. The summed E-state index contributed by atoms with van der Waals surface area (Å²) in [4.78, 5) is 11.0. The molecular weight excluding hydrogens is 242 g/mol. The average Bonchev–Trinajstić information content (AvgIpc) is 2.39. The largest absolute Gasteiger partial charge is 0.378 e. The van der Waals surface area contributed by atoms with Gasteiger partial charge in [0.1, 0.15) is 6.61 Å². The van der Waals surface area contributed by atoms with E-state index >= 15 is 0 Å². The minimum Gasteiger partial charge on any atom is -0.378 e. The molecular formula is C15H31NO3. The van der Waals surface area contributed by atoms with Crippen molar-refractivity contribution in [1.82, 2.24) is 5.32 Å². The zero-order valence-corrected chi connectivity index (χ0v) is 13.1. The molecule has 0 unspecified atom stereocenters. The number of ketones is 1. The van der Waals surface area contributed by atoms with Crippen LogP contribution in [0.1, 0.15) is 53.4 Å². The summed E-state index contributed by atoms with van der Waals surface area (Å²) in [5, 5.41) is 3.49. The van der Waals surface area contributed by atoms with E-state index in [4.69, 9.17) is 9.47 Å². The normalized spacial score (nSPS) is 11.8. The Labute approximate surface area is 118 Å². The van der Waals surface area contributed by atoms with Gasteiger partial charge in [-0.25, -0.2) is 0 Å². The summed E-state index contributed by atoms with van der Waals surface area (Å²) in [6.45, 7) is 11.3. The fraction of sp³-hybridized carbons (Fsp3) is 0.933. The zero-order chi connectivity index (χ0) is 14.6. The van der Waals surface area contributed by atoms with Crippen LogP contribution < -0.4 is 5.32 Å². The van der Waals surface area contributed by atoms with Crippen molar-refractivity contribution in [3.63, 3.8) is 0 Å². The van der Waals surface area contributed by atoms with Crippen molar-refractivity contribution in [3.8, 4) is 0 Å². The smallest absolute Gasteiger partial charge is 0.158 e. The maximum atomic E-state index is 11.0. The molecule has 0 aromatic carbocycles. The molecule has 0 aliphatic rings. The molecule has 0 aromatic heterocycles. The van der Waals surface area contributed by atoms with E-state index in [0.717, 1.165) is 6.54 Å². The molecule has 4 heteroatoms. The lowest BCUT2D eigenvalue weighted by molar-refractivity contribution is -0.123. The van der Waals surface area contributed by atoms with Gasteiger partial charge in [0.2, 0.25) is 0 Å². The molecule has 0 saturated carbocycles. The first-order valence-corrected chi connectivity index (χ1v) is 7.44. The van der Waals surface area contributed by atoms with Gasteiger partial charge >= 0.3 is 0 Å². The summed E-state index contributed by atoms with van der Waals surface area (Å²) in [6, 6.07) is 0. The number of carbonyl (C=O) groups excluding carboxylic acids is 1. The number of hydrogen-bond acceptors (Lipinski definition) is 4. The first-order valence-electron chi connectivity index (χ1n) is 7.44. The Balaban J connectivity index is 3.33. The molecule has 0 spiro atoms. The topological polar surface area (TPSA) is 47.6 Å². The lowest BCUT2D eigenvalue weighted by Crippen LogP contribution is -2.41. The lowest BCUT2D eigenvalue weighted by Gasteiger charge is -2.26. The van der Waals surface area contributed by atoms with Crippen LogP contribution in [0, 0.1) is 0 Å². The van der Waals surface area contributed by atoms with Crippen molar-refractivity contribution in [2.45, 2.75) is 58.9 Å². The number of ether oxygens (including phenoxy) is 2. The van der Waals surface area contributed by atoms with Crippen LogP contribution in [0.5, 0.6) is 0 Å². The molecule has 19 heavy (non-hydrogen) atoms. The Bertz CT molecular complexity index is 229. The van der Waals surface area contributed by atoms with E-state index in [-0.39, 0.29) is 17.9 Å². The van der Waals surface area contributed by atoms with Gasteiger partial charge in [-0.05, 0) is 20.3 Å². The molecule has 0 radical (unpaired) electrons. The SMILES string of the molecule is CCCCC(C)(C)NCCOCCOCC(=O)CC. The Hall–Kier alpha value is -0.450. The second-order valence-corrected chi connectivity index (χ2v) is 5.47. The Kier molecular flexibility index (Phi) is 11.1. The fourth-order valence-corrected chi connectivity index (χ4v) is 1.68. The van der Waals surface area contributed by atoms with Gasteiger partial charge < -0.3 is 14.8 Å². The Morgan fingerprint density at radius 2 is 1.79 bits per heavy atom. The highest BCUT2D eigenvalue weighted by Crippen LogP contribution is 2.11. The van der Waals surface area contributed by atoms with E-state index < -0.39 is 0 Å². The van der Waals surface area contributed by atoms with E-state index in [0.29, 0.717) is 26.2 Å². The van der Waals surface area contributed by atoms with E-state index in [2.05, 4.69) is 26.1 Å². The quantitative estimate of drug-likeness (QED) is 0.524. The van der Waals surface area contributed by atoms with Crippen molar-refractivity contribution in [3.05, 3.63) is 0 Å². The third kappa shape index (κ3) is 12.3. The molecule has 0 aliphatic heterocycles. The van der Waals surface area contributed by atoms with E-state index in [1.54, 1.807) is 0 Å². The van der Waals surface area contributed by atoms with E-state index in [1.807, 2.05) is 6.92 Å². The van der Waals surface area contributed by atoms with Gasteiger partial charge in [0, 0.05) is 18.5 Å². The highest BCUT2D eigenvalue weighted by molar-refractivity contribution is 5.79. The number of unbranched alkanes of at least 4 members (excludes halogenated alkanes) is 1. The molecule has 0 rings (SSSR count). The molecule has 0 bridgehead atoms. The highest BCUT2D eigenvalue weighted by Gasteiger charge is 2.14. The second-order valence-electron chi connectivity index (χ2n) is 5.47. The Morgan fingerprint density at radius 3 is 2.42 bits per heavy atom. The summed E-state index contributed by atoms with van der Waals surface area (Å²) < 4.78 is 10.6. The first kappa shape index (κ1) is 18.6. The Morgan fingerprint density at radius 1 is 1.11 bits per heavy atom. The summed E-state index contributed by atoms with van der Waals surface area (Å²) in [5.74, 6) is 0.138. The minimum atomic E-state index is 0.138. The number of rotatable bonds is 13. The maximum absolute atomic E-state index is 11.0. The monoisotopic (exact) mass is 273 g/mol. The van der Waals surface area contributed by atoms with Gasteiger partial charge in [-0.3, -0.25) is 4.79 Å². The first-order chi connectivity index (χ1) is 9.02. The van der Waals surface area contributed by atoms with Gasteiger partial charge in [-0.15, -0.1) is 0 Å². The summed E-state index contributed by atoms with van der Waals surface area (Å²) in [5.41, 5.74) is 0.184. The van der Waals surface area contributed by atoms with Crippen LogP contribution in [0.25, 0.3) is 0 Å². The number of carbonyl (C=O) groups is 1. The molecule has 0 aromatic rings. The predicted molar refractivity (Wildman–Crippen MR) is 78.5 cm³/mol. The number of Topliss-reactive ketones (excluding diaryl/α,β-unsaturated/α-hetero) is 1. The van der Waals surface area contributed by atoms with E-state index in [9.17, 15) is 4.79 Å². The highest BCUT2D eigenvalue weighted by atomic mass is 16.5. The van der Waals surface area contributed by atoms with Crippen LogP contribution >= 0.6 is 0 Å². The molecule has 1 N–H and O–H groups in total. The van der Waals surface area contributed by atoms with Crippen molar-refractivity contribution >= 4 is 5.78 Å². The molecule has 0 saturated heterocycles. The van der Waals surface area contributed by atoms with Crippen molar-refractivity contribution < 1.29 is 14.3 Å². The molecule has 4 nitrogen and oxygen atoms in total. The predicted octanol–water partition coefficient (Wildman–Crippen LogP) is 2.56. The molecule has 0 amide bonds. The van der Waals surface area contributed by atoms with Gasteiger partial charge in [0.05, 0.1) is 19.8 Å². The third-order valence-corrected chi connectivity index (χ3v) is 3.03. The molecule has 0 aliphatic carbocycles. The minimum absolute atomic E-state index is 0.138. The van der Waals surface area contributed by atoms with Crippen LogP contribution in [-0.2, 0) is 14.3 Å². The van der Waals surface area contributed by atoms with Gasteiger partial charge in [0.25, 0.3) is 0 Å². The van der Waals surface area contributed by atoms with Gasteiger partial charge in [-0.2, -0.15) is 0 Å². The molecule has 0 atom stereocenters. The van der Waals surface area contributed by atoms with Gasteiger partial charge in [-0.1, -0.05) is 26.7 Å². The number of nitrogens with one attached hydrogen (secondary N) is 1. The average molecular weight is 273 g/mol. The molecule has 0 heterocycles. The third-order valence-electron chi connectivity index (χ3n) is 3.03. The van der Waals surface area contributed by atoms with Crippen LogP contribution in [-0.4, -0.2) is 44.3 Å².